The molecule has 0 unspecified atom stereocenters. The highest BCUT2D eigenvalue weighted by Crippen LogP contribution is 2.12. The highest BCUT2D eigenvalue weighted by Gasteiger charge is 2.24. The number of hydrogen-bond donors (Lipinski definition) is 0. The second kappa shape index (κ2) is 5.88. The van der Waals surface area contributed by atoms with Crippen LogP contribution in [0.4, 0.5) is 5.95 Å². The topological polar surface area (TPSA) is 79.5 Å². The van der Waals surface area contributed by atoms with Gasteiger partial charge in [-0.3, -0.25) is 4.79 Å². The first-order chi connectivity index (χ1) is 11.7. The van der Waals surface area contributed by atoms with Crippen molar-refractivity contribution in [2.24, 2.45) is 0 Å². The second-order valence-electron chi connectivity index (χ2n) is 5.73. The number of amides is 1. The normalized spacial score (nSPS) is 15.0. The van der Waals surface area contributed by atoms with Gasteiger partial charge in [0.05, 0.1) is 11.9 Å². The first-order valence-electron chi connectivity index (χ1n) is 7.85. The van der Waals surface area contributed by atoms with Crippen LogP contribution in [0.5, 0.6) is 0 Å². The van der Waals surface area contributed by atoms with E-state index in [-0.39, 0.29) is 5.91 Å². The molecular weight excluding hydrogens is 306 g/mol. The molecular formula is C16H17N7O. The lowest BCUT2D eigenvalue weighted by molar-refractivity contribution is 0.0738. The Bertz CT molecular complexity index is 869. The Hall–Kier alpha value is -3.03. The van der Waals surface area contributed by atoms with Gasteiger partial charge in [-0.15, -0.1) is 0 Å². The maximum atomic E-state index is 12.7. The highest BCUT2D eigenvalue weighted by molar-refractivity contribution is 5.92. The summed E-state index contributed by atoms with van der Waals surface area (Å²) in [5.41, 5.74) is 2.06. The lowest BCUT2D eigenvalue weighted by Crippen LogP contribution is -2.49. The maximum Gasteiger partial charge on any atom is 0.274 e. The smallest absolute Gasteiger partial charge is 0.274 e. The van der Waals surface area contributed by atoms with E-state index in [1.165, 1.54) is 0 Å². The number of nitrogens with zero attached hydrogens (tertiary/aromatic N) is 7. The summed E-state index contributed by atoms with van der Waals surface area (Å²) >= 11 is 0. The van der Waals surface area contributed by atoms with Crippen molar-refractivity contribution in [1.82, 2.24) is 29.5 Å². The predicted octanol–water partition coefficient (Wildman–Crippen LogP) is 0.790. The summed E-state index contributed by atoms with van der Waals surface area (Å²) in [4.78, 5) is 29.4. The molecule has 0 bridgehead atoms. The van der Waals surface area contributed by atoms with Crippen molar-refractivity contribution in [1.29, 1.82) is 0 Å². The third-order valence-electron chi connectivity index (χ3n) is 4.06. The van der Waals surface area contributed by atoms with E-state index in [1.54, 1.807) is 29.0 Å². The molecule has 3 aromatic heterocycles. The third kappa shape index (κ3) is 2.66. The summed E-state index contributed by atoms with van der Waals surface area (Å²) in [5, 5.41) is 4.37. The molecule has 3 aromatic rings. The van der Waals surface area contributed by atoms with Crippen LogP contribution in [0.25, 0.3) is 5.65 Å². The van der Waals surface area contributed by atoms with Gasteiger partial charge in [-0.25, -0.2) is 19.5 Å². The van der Waals surface area contributed by atoms with Gasteiger partial charge in [0.25, 0.3) is 5.91 Å². The van der Waals surface area contributed by atoms with Crippen LogP contribution in [-0.4, -0.2) is 61.6 Å². The first kappa shape index (κ1) is 14.6. The fourth-order valence-corrected chi connectivity index (χ4v) is 2.84. The number of carbonyl (C=O) groups excluding carboxylic acids is 1. The van der Waals surface area contributed by atoms with Gasteiger partial charge in [-0.05, 0) is 25.1 Å². The van der Waals surface area contributed by atoms with E-state index in [0.717, 1.165) is 11.3 Å². The molecule has 1 aliphatic rings. The predicted molar refractivity (Wildman–Crippen MR) is 87.9 cm³/mol. The molecule has 122 valence electrons. The molecule has 0 spiro atoms. The van der Waals surface area contributed by atoms with Crippen LogP contribution in [0.15, 0.2) is 36.8 Å². The summed E-state index contributed by atoms with van der Waals surface area (Å²) in [6, 6.07) is 5.35. The van der Waals surface area contributed by atoms with E-state index < -0.39 is 0 Å². The number of imidazole rings is 1. The van der Waals surface area contributed by atoms with Gasteiger partial charge < -0.3 is 9.80 Å². The molecule has 8 nitrogen and oxygen atoms in total. The van der Waals surface area contributed by atoms with Crippen LogP contribution < -0.4 is 4.90 Å². The zero-order chi connectivity index (χ0) is 16.5. The largest absolute Gasteiger partial charge is 0.337 e. The third-order valence-corrected chi connectivity index (χ3v) is 4.06. The zero-order valence-electron chi connectivity index (χ0n) is 13.3. The van der Waals surface area contributed by atoms with Crippen LogP contribution in [0.2, 0.25) is 0 Å². The number of rotatable bonds is 2. The number of fused-ring (bicyclic) bond motifs is 1. The van der Waals surface area contributed by atoms with Crippen molar-refractivity contribution >= 4 is 17.5 Å². The van der Waals surface area contributed by atoms with Crippen molar-refractivity contribution in [3.05, 3.63) is 48.2 Å². The highest BCUT2D eigenvalue weighted by atomic mass is 16.2. The monoisotopic (exact) mass is 323 g/mol. The maximum absolute atomic E-state index is 12.7. The standard InChI is InChI=1S/C16H17N7O/c1-12-11-23-14(19-12)4-3-13(20-23)15(24)21-7-9-22(10-8-21)16-17-5-2-6-18-16/h2-6,11H,7-10H2,1H3. The number of anilines is 1. The summed E-state index contributed by atoms with van der Waals surface area (Å²) in [6.07, 6.45) is 5.27. The summed E-state index contributed by atoms with van der Waals surface area (Å²) < 4.78 is 1.65. The quantitative estimate of drug-likeness (QED) is 0.694. The molecule has 1 aliphatic heterocycles. The minimum atomic E-state index is -0.0584. The molecule has 4 heterocycles. The Morgan fingerprint density at radius 2 is 1.83 bits per heavy atom. The van der Waals surface area contributed by atoms with Gasteiger partial charge in [0.1, 0.15) is 5.69 Å². The van der Waals surface area contributed by atoms with Gasteiger partial charge in [0.15, 0.2) is 5.65 Å². The summed E-state index contributed by atoms with van der Waals surface area (Å²) in [5.74, 6) is 0.648. The van der Waals surface area contributed by atoms with E-state index >= 15 is 0 Å². The van der Waals surface area contributed by atoms with Gasteiger partial charge in [-0.1, -0.05) is 0 Å². The Morgan fingerprint density at radius 3 is 2.58 bits per heavy atom. The van der Waals surface area contributed by atoms with Crippen LogP contribution in [0, 0.1) is 6.92 Å². The Labute approximate surface area is 138 Å². The van der Waals surface area contributed by atoms with E-state index in [1.807, 2.05) is 24.1 Å². The Balaban J connectivity index is 1.47. The minimum absolute atomic E-state index is 0.0584. The van der Waals surface area contributed by atoms with Gasteiger partial charge in [0.2, 0.25) is 5.95 Å². The van der Waals surface area contributed by atoms with E-state index in [2.05, 4.69) is 25.0 Å². The number of aromatic nitrogens is 5. The van der Waals surface area contributed by atoms with E-state index in [4.69, 9.17) is 0 Å². The number of piperazine rings is 1. The van der Waals surface area contributed by atoms with Crippen molar-refractivity contribution in [3.63, 3.8) is 0 Å². The molecule has 4 rings (SSSR count). The molecule has 1 saturated heterocycles. The summed E-state index contributed by atoms with van der Waals surface area (Å²) in [6.45, 7) is 4.57. The molecule has 8 heteroatoms. The molecule has 1 amide bonds. The fraction of sp³-hybridized carbons (Fsp3) is 0.312. The molecule has 0 aromatic carbocycles. The Morgan fingerprint density at radius 1 is 1.08 bits per heavy atom. The lowest BCUT2D eigenvalue weighted by Gasteiger charge is -2.34. The average Bonchev–Trinajstić information content (AvgIpc) is 3.01. The molecule has 1 fully saturated rings. The zero-order valence-corrected chi connectivity index (χ0v) is 13.3. The van der Waals surface area contributed by atoms with Crippen molar-refractivity contribution in [2.45, 2.75) is 6.92 Å². The molecule has 0 N–H and O–H groups in total. The number of hydrogen-bond acceptors (Lipinski definition) is 6. The van der Waals surface area contributed by atoms with E-state index in [9.17, 15) is 4.79 Å². The Kier molecular flexibility index (Phi) is 3.56. The van der Waals surface area contributed by atoms with Crippen molar-refractivity contribution in [2.75, 3.05) is 31.1 Å². The van der Waals surface area contributed by atoms with Gasteiger partial charge >= 0.3 is 0 Å². The molecule has 0 aliphatic carbocycles. The molecule has 24 heavy (non-hydrogen) atoms. The molecule has 0 atom stereocenters. The second-order valence-corrected chi connectivity index (χ2v) is 5.73. The minimum Gasteiger partial charge on any atom is -0.337 e. The van der Waals surface area contributed by atoms with Gasteiger partial charge in [-0.2, -0.15) is 5.10 Å². The number of carbonyl (C=O) groups is 1. The van der Waals surface area contributed by atoms with Crippen LogP contribution in [0.1, 0.15) is 16.2 Å². The van der Waals surface area contributed by atoms with Crippen molar-refractivity contribution < 1.29 is 4.79 Å². The summed E-state index contributed by atoms with van der Waals surface area (Å²) in [7, 11) is 0. The van der Waals surface area contributed by atoms with Gasteiger partial charge in [0, 0.05) is 38.6 Å². The van der Waals surface area contributed by atoms with Crippen LogP contribution in [-0.2, 0) is 0 Å². The van der Waals surface area contributed by atoms with Crippen LogP contribution in [0.3, 0.4) is 0 Å². The van der Waals surface area contributed by atoms with Crippen LogP contribution >= 0.6 is 0 Å². The van der Waals surface area contributed by atoms with Crippen molar-refractivity contribution in [3.8, 4) is 0 Å². The lowest BCUT2D eigenvalue weighted by atomic mass is 10.2. The number of aryl methyl sites for hydroxylation is 1. The fourth-order valence-electron chi connectivity index (χ4n) is 2.84. The molecule has 0 saturated carbocycles. The average molecular weight is 323 g/mol. The molecule has 0 radical (unpaired) electrons. The SMILES string of the molecule is Cc1cn2nc(C(=O)N3CCN(c4ncccn4)CC3)ccc2n1. The van der Waals surface area contributed by atoms with E-state index in [0.29, 0.717) is 37.8 Å². The first-order valence-corrected chi connectivity index (χ1v) is 7.85.